The van der Waals surface area contributed by atoms with Crippen LogP contribution in [0.3, 0.4) is 0 Å². The quantitative estimate of drug-likeness (QED) is 0.171. The number of hydrogen-bond acceptors (Lipinski definition) is 11. The van der Waals surface area contributed by atoms with Gasteiger partial charge in [-0.2, -0.15) is 0 Å². The number of anilines is 4. The maximum absolute atomic E-state index is 4.80. The van der Waals surface area contributed by atoms with Crippen molar-refractivity contribution in [2.45, 2.75) is 10.8 Å². The Kier molecular flexibility index (Phi) is 9.08. The van der Waals surface area contributed by atoms with E-state index < -0.39 is 10.8 Å². The molecule has 2 aliphatic heterocycles. The summed E-state index contributed by atoms with van der Waals surface area (Å²) in [5, 5.41) is 22.2. The van der Waals surface area contributed by atoms with Gasteiger partial charge in [0.1, 0.15) is 23.7 Å². The molecule has 7 aromatic carbocycles. The van der Waals surface area contributed by atoms with E-state index in [4.69, 9.17) is 15.0 Å². The van der Waals surface area contributed by atoms with Crippen molar-refractivity contribution in [1.29, 1.82) is 0 Å². The van der Waals surface area contributed by atoms with Gasteiger partial charge < -0.3 is 0 Å². The molecule has 9 aromatic heterocycles. The van der Waals surface area contributed by atoms with E-state index in [-0.39, 0.29) is 0 Å². The Morgan fingerprint density at radius 1 is 0.293 bits per heavy atom. The summed E-state index contributed by atoms with van der Waals surface area (Å²) in [5.74, 6) is 0. The second kappa shape index (κ2) is 16.5. The molecular formula is C69H39N9S4. The number of hydrogen-bond donors (Lipinski definition) is 0. The number of pyridine rings is 3. The summed E-state index contributed by atoms with van der Waals surface area (Å²) in [6, 6.07) is 66.8. The van der Waals surface area contributed by atoms with E-state index in [0.717, 1.165) is 56.0 Å². The van der Waals surface area contributed by atoms with Crippen LogP contribution < -0.4 is 10.0 Å². The lowest BCUT2D eigenvalue weighted by Gasteiger charge is -2.45. The zero-order valence-corrected chi connectivity index (χ0v) is 46.4. The van der Waals surface area contributed by atoms with E-state index in [0.29, 0.717) is 0 Å². The normalized spacial score (nSPS) is 14.5. The van der Waals surface area contributed by atoms with Gasteiger partial charge >= 0.3 is 0 Å². The van der Waals surface area contributed by atoms with Crippen LogP contribution in [0.25, 0.3) is 85.1 Å². The van der Waals surface area contributed by atoms with Crippen LogP contribution in [0, 0.1) is 0 Å². The lowest BCUT2D eigenvalue weighted by molar-refractivity contribution is 0.715. The molecule has 0 atom stereocenters. The predicted octanol–water partition coefficient (Wildman–Crippen LogP) is 17.7. The third-order valence-electron chi connectivity index (χ3n) is 17.6. The largest absolute Gasteiger partial charge is 0.256 e. The van der Waals surface area contributed by atoms with E-state index in [1.165, 1.54) is 96.3 Å². The van der Waals surface area contributed by atoms with Crippen molar-refractivity contribution in [3.05, 3.63) is 279 Å². The van der Waals surface area contributed by atoms with Gasteiger partial charge in [0.15, 0.2) is 11.3 Å². The number of nitrogens with zero attached hydrogens (tertiary/aromatic N) is 9. The molecule has 11 heterocycles. The van der Waals surface area contributed by atoms with Gasteiger partial charge in [-0.1, -0.05) is 78.9 Å². The average Bonchev–Trinajstić information content (AvgIpc) is 1.59. The molecule has 9 nitrogen and oxygen atoms in total. The van der Waals surface area contributed by atoms with Crippen molar-refractivity contribution < 1.29 is 0 Å². The summed E-state index contributed by atoms with van der Waals surface area (Å²) >= 11 is 7.40. The molecule has 0 radical (unpaired) electrons. The molecule has 384 valence electrons. The molecule has 0 bridgehead atoms. The highest BCUT2D eigenvalue weighted by Crippen LogP contribution is 2.67. The summed E-state index contributed by atoms with van der Waals surface area (Å²) in [6.45, 7) is 0. The van der Waals surface area contributed by atoms with Crippen LogP contribution in [0.2, 0.25) is 0 Å². The number of aromatic nitrogens is 7. The maximum Gasteiger partial charge on any atom is 0.179 e. The Balaban J connectivity index is 0.000000122. The van der Waals surface area contributed by atoms with Crippen molar-refractivity contribution in [2.75, 3.05) is 10.0 Å². The van der Waals surface area contributed by atoms with Crippen LogP contribution >= 0.6 is 45.3 Å². The molecule has 0 amide bonds. The summed E-state index contributed by atoms with van der Waals surface area (Å²) in [5.41, 5.74) is 18.6. The molecular weight excluding hydrogens is 1080 g/mol. The molecule has 82 heavy (non-hydrogen) atoms. The van der Waals surface area contributed by atoms with Crippen LogP contribution in [0.1, 0.15) is 44.5 Å². The summed E-state index contributed by atoms with van der Waals surface area (Å²) < 4.78 is 4.32. The lowest BCUT2D eigenvalue weighted by Crippen LogP contribution is -2.39. The molecule has 0 saturated heterocycles. The van der Waals surface area contributed by atoms with Crippen molar-refractivity contribution in [3.63, 3.8) is 0 Å². The zero-order chi connectivity index (χ0) is 53.4. The maximum atomic E-state index is 4.80. The van der Waals surface area contributed by atoms with Gasteiger partial charge in [0.05, 0.1) is 39.1 Å². The number of benzene rings is 7. The third-order valence-corrected chi connectivity index (χ3v) is 21.6. The Morgan fingerprint density at radius 3 is 1.02 bits per heavy atom. The minimum absolute atomic E-state index is 0.422. The number of thiophene rings is 4. The van der Waals surface area contributed by atoms with E-state index in [1.807, 2.05) is 88.6 Å². The summed E-state index contributed by atoms with van der Waals surface area (Å²) in [6.07, 6.45) is 9.28. The Hall–Kier alpha value is -9.63. The zero-order valence-electron chi connectivity index (χ0n) is 43.2. The Bertz CT molecular complexity index is 4790. The molecule has 0 N–H and O–H groups in total. The fourth-order valence-corrected chi connectivity index (χ4v) is 18.5. The van der Waals surface area contributed by atoms with Gasteiger partial charge in [-0.3, -0.25) is 4.98 Å². The summed E-state index contributed by atoms with van der Waals surface area (Å²) in [7, 11) is 0. The molecule has 20 rings (SSSR count). The van der Waals surface area contributed by atoms with Crippen molar-refractivity contribution >= 4 is 134 Å². The van der Waals surface area contributed by atoms with Gasteiger partial charge in [-0.25, -0.2) is 39.3 Å². The number of imidazole rings is 2. The van der Waals surface area contributed by atoms with Crippen molar-refractivity contribution in [1.82, 2.24) is 34.3 Å². The monoisotopic (exact) mass is 1120 g/mol. The first-order valence-electron chi connectivity index (χ1n) is 27.1. The standard InChI is InChI=1S/C35H20N4S2.C34H19N5S2/c1-3-8-23-18-30-27(16-21(23)6-1)35(25-11-14-40-32(25)33-26(35)12-15-41-33)28-17-22-7-2-4-9-24(22)19-31(28)39(30)38-20-37-34-29(38)10-5-13-36-34;1-2-6-21-17-29-25(15-20(21)5-1)34(23-9-13-40-31(23)32-24(34)10-14-41-32)26-16-22-7-3-11-35-27(22)18-30(26)39(29)38-19-37-33-28(38)8-4-12-36-33/h1-20H;1-19H. The SMILES string of the molecule is c1ccc2cc3c(cc2c1)N(n1cnc2ncccc21)c1cc2ccccc2cc1C31c2ccsc2-c2sccc21.c1ccc2cc3c(cc2c1)N(n1cnc2ncccc21)c1cc2ncccc2cc1C31c2ccsc2-c2sccc21. The van der Waals surface area contributed by atoms with E-state index in [9.17, 15) is 0 Å². The molecule has 0 saturated carbocycles. The molecule has 13 heteroatoms. The highest BCUT2D eigenvalue weighted by atomic mass is 32.1. The van der Waals surface area contributed by atoms with Crippen LogP contribution in [0.5, 0.6) is 0 Å². The van der Waals surface area contributed by atoms with Gasteiger partial charge in [0.2, 0.25) is 0 Å². The van der Waals surface area contributed by atoms with E-state index in [1.54, 1.807) is 6.20 Å². The van der Waals surface area contributed by atoms with Gasteiger partial charge in [0, 0.05) is 43.5 Å². The molecule has 0 unspecified atom stereocenters. The van der Waals surface area contributed by atoms with E-state index in [2.05, 4.69) is 215 Å². The smallest absolute Gasteiger partial charge is 0.179 e. The number of fused-ring (bicyclic) bond motifs is 24. The minimum Gasteiger partial charge on any atom is -0.256 e. The van der Waals surface area contributed by atoms with Crippen molar-refractivity contribution in [2.24, 2.45) is 0 Å². The fourth-order valence-electron chi connectivity index (χ4n) is 14.3. The van der Waals surface area contributed by atoms with Crippen LogP contribution in [-0.2, 0) is 10.8 Å². The predicted molar refractivity (Wildman–Crippen MR) is 337 cm³/mol. The summed E-state index contributed by atoms with van der Waals surface area (Å²) in [4.78, 5) is 28.9. The second-order valence-corrected chi connectivity index (χ2v) is 25.0. The fraction of sp³-hybridized carbons (Fsp3) is 0.0290. The van der Waals surface area contributed by atoms with Crippen molar-refractivity contribution in [3.8, 4) is 19.5 Å². The van der Waals surface area contributed by atoms with Crippen LogP contribution in [0.4, 0.5) is 22.7 Å². The molecule has 4 aliphatic rings. The first kappa shape index (κ1) is 45.1. The van der Waals surface area contributed by atoms with Crippen LogP contribution in [-0.4, -0.2) is 34.3 Å². The highest BCUT2D eigenvalue weighted by molar-refractivity contribution is 7.21. The topological polar surface area (TPSA) is 80.8 Å². The molecule has 2 spiro atoms. The highest BCUT2D eigenvalue weighted by Gasteiger charge is 2.55. The molecule has 0 fully saturated rings. The van der Waals surface area contributed by atoms with Gasteiger partial charge in [0.25, 0.3) is 0 Å². The molecule has 2 aliphatic carbocycles. The van der Waals surface area contributed by atoms with E-state index >= 15 is 0 Å². The Morgan fingerprint density at radius 2 is 0.622 bits per heavy atom. The van der Waals surface area contributed by atoms with Gasteiger partial charge in [-0.15, -0.1) is 45.3 Å². The van der Waals surface area contributed by atoms with Gasteiger partial charge in [-0.05, 0) is 201 Å². The Labute approximate surface area is 484 Å². The lowest BCUT2D eigenvalue weighted by atomic mass is 9.65. The molecule has 16 aromatic rings. The minimum atomic E-state index is -0.450. The second-order valence-electron chi connectivity index (χ2n) is 21.4. The average molecular weight is 1120 g/mol. The van der Waals surface area contributed by atoms with Crippen LogP contribution in [0.15, 0.2) is 235 Å². The third kappa shape index (κ3) is 5.76. The first-order valence-corrected chi connectivity index (χ1v) is 30.6. The first-order chi connectivity index (χ1) is 40.6. The number of rotatable bonds is 2.